The van der Waals surface area contributed by atoms with Gasteiger partial charge in [-0.25, -0.2) is 0 Å². The SMILES string of the molecule is CCC.CCc1ccc(Cc2cc(C)c(C)c(C)c2)cc1. The van der Waals surface area contributed by atoms with Crippen LogP contribution in [0, 0.1) is 20.8 Å². The fourth-order valence-electron chi connectivity index (χ4n) is 2.36. The molecule has 0 aliphatic rings. The average Bonchev–Trinajstić information content (AvgIpc) is 2.46. The monoisotopic (exact) mass is 282 g/mol. The van der Waals surface area contributed by atoms with Crippen molar-refractivity contribution >= 4 is 0 Å². The van der Waals surface area contributed by atoms with E-state index >= 15 is 0 Å². The highest BCUT2D eigenvalue weighted by molar-refractivity contribution is 5.39. The van der Waals surface area contributed by atoms with Gasteiger partial charge < -0.3 is 0 Å². The van der Waals surface area contributed by atoms with Crippen LogP contribution in [0.1, 0.15) is 60.6 Å². The van der Waals surface area contributed by atoms with Gasteiger partial charge in [0.25, 0.3) is 0 Å². The first-order valence-corrected chi connectivity index (χ1v) is 8.16. The molecule has 0 heteroatoms. The summed E-state index contributed by atoms with van der Waals surface area (Å²) in [4.78, 5) is 0. The fraction of sp³-hybridized carbons (Fsp3) is 0.429. The third-order valence-electron chi connectivity index (χ3n) is 3.83. The Morgan fingerprint density at radius 2 is 1.10 bits per heavy atom. The first-order valence-electron chi connectivity index (χ1n) is 8.16. The van der Waals surface area contributed by atoms with Crippen molar-refractivity contribution in [2.45, 2.75) is 60.8 Å². The summed E-state index contributed by atoms with van der Waals surface area (Å²) in [5, 5.41) is 0. The lowest BCUT2D eigenvalue weighted by Crippen LogP contribution is -1.94. The van der Waals surface area contributed by atoms with Gasteiger partial charge in [0.05, 0.1) is 0 Å². The van der Waals surface area contributed by atoms with Crippen LogP contribution in [0.3, 0.4) is 0 Å². The normalized spacial score (nSPS) is 10.0. The summed E-state index contributed by atoms with van der Waals surface area (Å²) in [6.07, 6.45) is 3.40. The molecule has 0 atom stereocenters. The van der Waals surface area contributed by atoms with E-state index in [1.165, 1.54) is 39.8 Å². The van der Waals surface area contributed by atoms with Crippen LogP contribution >= 0.6 is 0 Å². The molecule has 2 rings (SSSR count). The van der Waals surface area contributed by atoms with E-state index in [0.717, 1.165) is 12.8 Å². The number of hydrogen-bond donors (Lipinski definition) is 0. The predicted octanol–water partition coefficient (Wildman–Crippen LogP) is 6.18. The minimum atomic E-state index is 1.03. The molecule has 2 aromatic rings. The van der Waals surface area contributed by atoms with Gasteiger partial charge in [-0.1, -0.05) is 63.6 Å². The van der Waals surface area contributed by atoms with Gasteiger partial charge >= 0.3 is 0 Å². The van der Waals surface area contributed by atoms with Gasteiger partial charge in [0.15, 0.2) is 0 Å². The lowest BCUT2D eigenvalue weighted by Gasteiger charge is -2.09. The molecule has 0 nitrogen and oxygen atoms in total. The first-order chi connectivity index (χ1) is 10.0. The van der Waals surface area contributed by atoms with Gasteiger partial charge in [-0.05, 0) is 67.0 Å². The second-order valence-corrected chi connectivity index (χ2v) is 5.91. The van der Waals surface area contributed by atoms with Crippen LogP contribution in [0.2, 0.25) is 0 Å². The molecule has 21 heavy (non-hydrogen) atoms. The highest BCUT2D eigenvalue weighted by Crippen LogP contribution is 2.18. The summed E-state index contributed by atoms with van der Waals surface area (Å²) in [6, 6.07) is 13.6. The number of rotatable bonds is 3. The molecule has 2 aromatic carbocycles. The first kappa shape index (κ1) is 17.5. The summed E-state index contributed by atoms with van der Waals surface area (Å²) in [5.41, 5.74) is 8.44. The molecule has 0 heterocycles. The van der Waals surface area contributed by atoms with E-state index in [0.29, 0.717) is 0 Å². The van der Waals surface area contributed by atoms with Crippen molar-refractivity contribution in [2.75, 3.05) is 0 Å². The van der Waals surface area contributed by atoms with Crippen LogP contribution in [0.25, 0.3) is 0 Å². The maximum Gasteiger partial charge on any atom is -0.00256 e. The zero-order valence-corrected chi connectivity index (χ0v) is 14.6. The lowest BCUT2D eigenvalue weighted by atomic mass is 9.96. The quantitative estimate of drug-likeness (QED) is 0.630. The van der Waals surface area contributed by atoms with E-state index in [4.69, 9.17) is 0 Å². The Labute approximate surface area is 131 Å². The highest BCUT2D eigenvalue weighted by Gasteiger charge is 2.02. The van der Waals surface area contributed by atoms with Crippen molar-refractivity contribution in [3.8, 4) is 0 Å². The van der Waals surface area contributed by atoms with Crippen molar-refractivity contribution in [3.63, 3.8) is 0 Å². The van der Waals surface area contributed by atoms with Crippen LogP contribution < -0.4 is 0 Å². The Hall–Kier alpha value is -1.56. The molecule has 0 aliphatic heterocycles. The average molecular weight is 282 g/mol. The molecular formula is C21H30. The molecule has 0 amide bonds. The van der Waals surface area contributed by atoms with Gasteiger partial charge in [0.2, 0.25) is 0 Å². The van der Waals surface area contributed by atoms with Crippen LogP contribution in [0.15, 0.2) is 36.4 Å². The summed E-state index contributed by atoms with van der Waals surface area (Å²) < 4.78 is 0. The molecular weight excluding hydrogens is 252 g/mol. The van der Waals surface area contributed by atoms with E-state index in [9.17, 15) is 0 Å². The second kappa shape index (κ2) is 8.67. The second-order valence-electron chi connectivity index (χ2n) is 5.91. The summed E-state index contributed by atoms with van der Waals surface area (Å²) in [6.45, 7) is 13.0. The molecule has 0 bridgehead atoms. The number of aryl methyl sites for hydroxylation is 3. The summed E-state index contributed by atoms with van der Waals surface area (Å²) in [7, 11) is 0. The predicted molar refractivity (Wildman–Crippen MR) is 95.2 cm³/mol. The van der Waals surface area contributed by atoms with Crippen LogP contribution in [-0.4, -0.2) is 0 Å². The van der Waals surface area contributed by atoms with Gasteiger partial charge in [0.1, 0.15) is 0 Å². The van der Waals surface area contributed by atoms with Crippen LogP contribution in [-0.2, 0) is 12.8 Å². The van der Waals surface area contributed by atoms with Gasteiger partial charge in [-0.2, -0.15) is 0 Å². The number of hydrogen-bond acceptors (Lipinski definition) is 0. The smallest absolute Gasteiger partial charge is 0.00256 e. The number of benzene rings is 2. The lowest BCUT2D eigenvalue weighted by molar-refractivity contribution is 1.09. The zero-order chi connectivity index (χ0) is 15.8. The molecule has 0 aromatic heterocycles. The molecule has 0 radical (unpaired) electrons. The molecule has 0 aliphatic carbocycles. The minimum absolute atomic E-state index is 1.03. The van der Waals surface area contributed by atoms with Crippen LogP contribution in [0.5, 0.6) is 0 Å². The van der Waals surface area contributed by atoms with E-state index in [1.807, 2.05) is 0 Å². The molecule has 0 N–H and O–H groups in total. The van der Waals surface area contributed by atoms with Crippen molar-refractivity contribution in [1.82, 2.24) is 0 Å². The van der Waals surface area contributed by atoms with Gasteiger partial charge in [-0.3, -0.25) is 0 Å². The van der Waals surface area contributed by atoms with E-state index in [-0.39, 0.29) is 0 Å². The molecule has 0 saturated carbocycles. The molecule has 114 valence electrons. The maximum absolute atomic E-state index is 2.32. The Bertz CT molecular complexity index is 524. The highest BCUT2D eigenvalue weighted by atomic mass is 14.1. The zero-order valence-electron chi connectivity index (χ0n) is 14.6. The molecule has 0 spiro atoms. The topological polar surface area (TPSA) is 0 Å². The fourth-order valence-corrected chi connectivity index (χ4v) is 2.36. The standard InChI is InChI=1S/C18H22.C3H8/c1-5-16-6-8-17(9-7-16)12-18-10-13(2)15(4)14(3)11-18;1-3-2/h6-11H,5,12H2,1-4H3;3H2,1-2H3. The van der Waals surface area contributed by atoms with Crippen molar-refractivity contribution in [1.29, 1.82) is 0 Å². The van der Waals surface area contributed by atoms with E-state index < -0.39 is 0 Å². The van der Waals surface area contributed by atoms with Crippen LogP contribution in [0.4, 0.5) is 0 Å². The Kier molecular flexibility index (Phi) is 7.22. The molecule has 0 fully saturated rings. The largest absolute Gasteiger partial charge is 0.0656 e. The van der Waals surface area contributed by atoms with E-state index in [1.54, 1.807) is 0 Å². The summed E-state index contributed by atoms with van der Waals surface area (Å²) in [5.74, 6) is 0. The Morgan fingerprint density at radius 1 is 0.667 bits per heavy atom. The maximum atomic E-state index is 2.32. The Balaban J connectivity index is 0.000000677. The van der Waals surface area contributed by atoms with E-state index in [2.05, 4.69) is 77.9 Å². The third kappa shape index (κ3) is 5.38. The third-order valence-corrected chi connectivity index (χ3v) is 3.83. The molecule has 0 saturated heterocycles. The van der Waals surface area contributed by atoms with Gasteiger partial charge in [0, 0.05) is 0 Å². The van der Waals surface area contributed by atoms with Gasteiger partial charge in [-0.15, -0.1) is 0 Å². The summed E-state index contributed by atoms with van der Waals surface area (Å²) >= 11 is 0. The Morgan fingerprint density at radius 3 is 1.52 bits per heavy atom. The van der Waals surface area contributed by atoms with Crippen molar-refractivity contribution in [3.05, 3.63) is 69.8 Å². The molecule has 0 unspecified atom stereocenters. The van der Waals surface area contributed by atoms with Crippen molar-refractivity contribution < 1.29 is 0 Å². The van der Waals surface area contributed by atoms with Crippen molar-refractivity contribution in [2.24, 2.45) is 0 Å². The minimum Gasteiger partial charge on any atom is -0.0656 e.